The Morgan fingerprint density at radius 3 is 2.36 bits per heavy atom. The Kier molecular flexibility index (Phi) is 8.33. The third-order valence-electron chi connectivity index (χ3n) is 5.44. The highest BCUT2D eigenvalue weighted by Crippen LogP contribution is 2.29. The fourth-order valence-corrected chi connectivity index (χ4v) is 3.45. The lowest BCUT2D eigenvalue weighted by Crippen LogP contribution is -2.39. The molecule has 0 aliphatic heterocycles. The molecule has 0 saturated carbocycles. The molecule has 0 spiro atoms. The summed E-state index contributed by atoms with van der Waals surface area (Å²) in [7, 11) is 0. The van der Waals surface area contributed by atoms with Crippen molar-refractivity contribution < 1.29 is 20.4 Å². The average molecular weight is 355 g/mol. The second-order valence-corrected chi connectivity index (χ2v) is 8.77. The summed E-state index contributed by atoms with van der Waals surface area (Å²) in [6.07, 6.45) is 7.48. The zero-order valence-electron chi connectivity index (χ0n) is 16.6. The lowest BCUT2D eigenvalue weighted by Gasteiger charge is -2.31. The van der Waals surface area contributed by atoms with Gasteiger partial charge in [-0.25, -0.2) is 0 Å². The standard InChI is InChI=1S/C21H38O4/c1-15(2)17-7-6-11-20(4,24)14-18(22)13-16(3)8-9-19(23)21(5,25)12-10-17/h6-7,13,15,17-19,22-25H,8-12,14H2,1-5H3/b7-6+,16-13+/t17-,18-,19-,20+,21+/m0/s1. The average Bonchev–Trinajstić information content (AvgIpc) is 2.46. The molecule has 0 aromatic carbocycles. The van der Waals surface area contributed by atoms with Crippen LogP contribution in [0, 0.1) is 11.8 Å². The van der Waals surface area contributed by atoms with E-state index in [1.807, 2.05) is 13.0 Å². The summed E-state index contributed by atoms with van der Waals surface area (Å²) in [6, 6.07) is 0. The molecule has 25 heavy (non-hydrogen) atoms. The van der Waals surface area contributed by atoms with Gasteiger partial charge in [0.15, 0.2) is 0 Å². The molecule has 146 valence electrons. The molecule has 4 N–H and O–H groups in total. The minimum atomic E-state index is -1.12. The molecule has 4 heteroatoms. The van der Waals surface area contributed by atoms with E-state index in [-0.39, 0.29) is 12.3 Å². The Hall–Kier alpha value is -0.680. The molecule has 0 heterocycles. The minimum Gasteiger partial charge on any atom is -0.390 e. The Labute approximate surface area is 153 Å². The molecule has 0 radical (unpaired) electrons. The van der Waals surface area contributed by atoms with Gasteiger partial charge in [-0.1, -0.05) is 37.6 Å². The summed E-state index contributed by atoms with van der Waals surface area (Å²) in [4.78, 5) is 0. The summed E-state index contributed by atoms with van der Waals surface area (Å²) >= 11 is 0. The largest absolute Gasteiger partial charge is 0.390 e. The van der Waals surface area contributed by atoms with E-state index in [4.69, 9.17) is 0 Å². The lowest BCUT2D eigenvalue weighted by atomic mass is 9.83. The first-order valence-electron chi connectivity index (χ1n) is 9.58. The van der Waals surface area contributed by atoms with Gasteiger partial charge in [0.1, 0.15) is 0 Å². The van der Waals surface area contributed by atoms with Gasteiger partial charge in [0.05, 0.1) is 23.4 Å². The Morgan fingerprint density at radius 2 is 1.76 bits per heavy atom. The number of rotatable bonds is 1. The van der Waals surface area contributed by atoms with Crippen molar-refractivity contribution in [3.63, 3.8) is 0 Å². The smallest absolute Gasteiger partial charge is 0.0877 e. The van der Waals surface area contributed by atoms with Crippen molar-refractivity contribution in [2.45, 2.75) is 96.6 Å². The Balaban J connectivity index is 3.00. The lowest BCUT2D eigenvalue weighted by molar-refractivity contribution is -0.0728. The topological polar surface area (TPSA) is 80.9 Å². The van der Waals surface area contributed by atoms with Gasteiger partial charge in [-0.15, -0.1) is 0 Å². The molecular weight excluding hydrogens is 316 g/mol. The van der Waals surface area contributed by atoms with Crippen molar-refractivity contribution in [3.8, 4) is 0 Å². The van der Waals surface area contributed by atoms with E-state index in [2.05, 4.69) is 19.9 Å². The van der Waals surface area contributed by atoms with Crippen molar-refractivity contribution in [2.24, 2.45) is 11.8 Å². The second kappa shape index (κ2) is 9.31. The molecule has 0 unspecified atom stereocenters. The molecule has 4 nitrogen and oxygen atoms in total. The first kappa shape index (κ1) is 22.4. The van der Waals surface area contributed by atoms with Crippen LogP contribution in [0.3, 0.4) is 0 Å². The third kappa shape index (κ3) is 8.04. The zero-order chi connectivity index (χ0) is 19.3. The van der Waals surface area contributed by atoms with E-state index in [1.165, 1.54) is 0 Å². The monoisotopic (exact) mass is 354 g/mol. The molecule has 5 atom stereocenters. The van der Waals surface area contributed by atoms with E-state index in [0.717, 1.165) is 12.0 Å². The van der Waals surface area contributed by atoms with E-state index >= 15 is 0 Å². The normalized spacial score (nSPS) is 43.0. The zero-order valence-corrected chi connectivity index (χ0v) is 16.6. The summed E-state index contributed by atoms with van der Waals surface area (Å²) in [5, 5.41) is 41.8. The fraction of sp³-hybridized carbons (Fsp3) is 0.810. The number of allylic oxidation sites excluding steroid dienone is 2. The molecular formula is C21H38O4. The predicted molar refractivity (Wildman–Crippen MR) is 102 cm³/mol. The summed E-state index contributed by atoms with van der Waals surface area (Å²) < 4.78 is 0. The van der Waals surface area contributed by atoms with E-state index in [9.17, 15) is 20.4 Å². The second-order valence-electron chi connectivity index (χ2n) is 8.77. The SMILES string of the molecule is C/C1=C\[C@H](O)C[C@](C)(O)C/C=C/[C@H](C(C)C)CC[C@@](C)(O)[C@@H](O)CC1. The van der Waals surface area contributed by atoms with Crippen LogP contribution in [0.4, 0.5) is 0 Å². The maximum absolute atomic E-state index is 10.6. The van der Waals surface area contributed by atoms with Crippen LogP contribution < -0.4 is 0 Å². The van der Waals surface area contributed by atoms with E-state index in [1.54, 1.807) is 19.9 Å². The van der Waals surface area contributed by atoms with Gasteiger partial charge in [-0.3, -0.25) is 0 Å². The molecule has 1 aliphatic rings. The molecule has 0 amide bonds. The molecule has 1 aliphatic carbocycles. The molecule has 0 fully saturated rings. The molecule has 0 bridgehead atoms. The number of aliphatic hydroxyl groups excluding tert-OH is 2. The maximum atomic E-state index is 10.6. The van der Waals surface area contributed by atoms with Crippen molar-refractivity contribution >= 4 is 0 Å². The third-order valence-corrected chi connectivity index (χ3v) is 5.44. The van der Waals surface area contributed by atoms with E-state index in [0.29, 0.717) is 31.6 Å². The van der Waals surface area contributed by atoms with Crippen molar-refractivity contribution in [2.75, 3.05) is 0 Å². The molecule has 0 saturated heterocycles. The van der Waals surface area contributed by atoms with Gasteiger partial charge in [-0.05, 0) is 64.7 Å². The minimum absolute atomic E-state index is 0.279. The highest BCUT2D eigenvalue weighted by atomic mass is 16.3. The summed E-state index contributed by atoms with van der Waals surface area (Å²) in [6.45, 7) is 9.65. The molecule has 1 rings (SSSR count). The van der Waals surface area contributed by atoms with Crippen LogP contribution >= 0.6 is 0 Å². The van der Waals surface area contributed by atoms with E-state index < -0.39 is 23.4 Å². The van der Waals surface area contributed by atoms with Crippen molar-refractivity contribution in [1.82, 2.24) is 0 Å². The maximum Gasteiger partial charge on any atom is 0.0877 e. The van der Waals surface area contributed by atoms with Gasteiger partial charge in [0, 0.05) is 6.42 Å². The first-order valence-corrected chi connectivity index (χ1v) is 9.58. The quantitative estimate of drug-likeness (QED) is 0.545. The van der Waals surface area contributed by atoms with Crippen LogP contribution in [-0.4, -0.2) is 43.8 Å². The molecule has 0 aromatic heterocycles. The van der Waals surface area contributed by atoms with Crippen LogP contribution in [0.25, 0.3) is 0 Å². The van der Waals surface area contributed by atoms with Gasteiger partial charge in [0.2, 0.25) is 0 Å². The molecule has 0 aromatic rings. The van der Waals surface area contributed by atoms with Crippen LogP contribution in [0.2, 0.25) is 0 Å². The van der Waals surface area contributed by atoms with Gasteiger partial charge in [-0.2, -0.15) is 0 Å². The van der Waals surface area contributed by atoms with Gasteiger partial charge in [0.25, 0.3) is 0 Å². The van der Waals surface area contributed by atoms with Crippen molar-refractivity contribution in [3.05, 3.63) is 23.8 Å². The number of aliphatic hydroxyl groups is 4. The summed E-state index contributed by atoms with van der Waals surface area (Å²) in [5.74, 6) is 0.698. The van der Waals surface area contributed by atoms with Crippen LogP contribution in [0.15, 0.2) is 23.8 Å². The summed E-state index contributed by atoms with van der Waals surface area (Å²) in [5.41, 5.74) is -1.12. The Morgan fingerprint density at radius 1 is 1.12 bits per heavy atom. The van der Waals surface area contributed by atoms with Crippen LogP contribution in [0.5, 0.6) is 0 Å². The Bertz CT molecular complexity index is 463. The number of hydrogen-bond donors (Lipinski definition) is 4. The van der Waals surface area contributed by atoms with Crippen LogP contribution in [-0.2, 0) is 0 Å². The van der Waals surface area contributed by atoms with Crippen molar-refractivity contribution in [1.29, 1.82) is 0 Å². The predicted octanol–water partition coefficient (Wildman–Crippen LogP) is 3.34. The highest BCUT2D eigenvalue weighted by molar-refractivity contribution is 5.05. The fourth-order valence-electron chi connectivity index (χ4n) is 3.45. The first-order chi connectivity index (χ1) is 11.4. The number of hydrogen-bond acceptors (Lipinski definition) is 4. The van der Waals surface area contributed by atoms with Crippen LogP contribution in [0.1, 0.15) is 73.1 Å². The van der Waals surface area contributed by atoms with Gasteiger partial charge >= 0.3 is 0 Å². The van der Waals surface area contributed by atoms with Gasteiger partial charge < -0.3 is 20.4 Å². The highest BCUT2D eigenvalue weighted by Gasteiger charge is 2.31.